The fourth-order valence-corrected chi connectivity index (χ4v) is 8.72. The summed E-state index contributed by atoms with van der Waals surface area (Å²) in [6.07, 6.45) is 2.17. The van der Waals surface area contributed by atoms with Gasteiger partial charge in [-0.25, -0.2) is 8.57 Å². The van der Waals surface area contributed by atoms with Crippen molar-refractivity contribution in [1.82, 2.24) is 0 Å². The highest BCUT2D eigenvalue weighted by Gasteiger charge is 2.31. The van der Waals surface area contributed by atoms with Crippen LogP contribution in [0.3, 0.4) is 0 Å². The first-order chi connectivity index (χ1) is 8.42. The second-order valence-corrected chi connectivity index (χ2v) is 14.3. The largest absolute Gasteiger partial charge is 0.244 e. The highest BCUT2D eigenvalue weighted by Crippen LogP contribution is 2.31. The molecule has 0 N–H and O–H groups in total. The molecule has 0 aliphatic carbocycles. The van der Waals surface area contributed by atoms with Gasteiger partial charge in [0.05, 0.1) is 9.73 Å². The number of hydrogen-bond acceptors (Lipinski definition) is 2. The summed E-state index contributed by atoms with van der Waals surface area (Å²) in [6.45, 7) is 7.82. The predicted octanol–water partition coefficient (Wildman–Crippen LogP) is 4.01. The molecule has 1 aliphatic rings. The van der Waals surface area contributed by atoms with Crippen molar-refractivity contribution < 1.29 is 4.21 Å². The van der Waals surface area contributed by atoms with E-state index in [0.29, 0.717) is 0 Å². The molecule has 18 heavy (non-hydrogen) atoms. The fraction of sp³-hybridized carbons (Fsp3) is 0.571. The number of nitrogens with zero attached hydrogens (tertiary/aromatic N) is 1. The fourth-order valence-electron chi connectivity index (χ4n) is 2.56. The molecule has 0 bridgehead atoms. The van der Waals surface area contributed by atoms with Gasteiger partial charge in [-0.05, 0) is 31.0 Å². The van der Waals surface area contributed by atoms with Crippen LogP contribution in [-0.2, 0) is 9.73 Å². The number of hydrogen-bond donors (Lipinski definition) is 0. The summed E-state index contributed by atoms with van der Waals surface area (Å²) in [5, 5.41) is 0.264. The summed E-state index contributed by atoms with van der Waals surface area (Å²) in [6, 6.07) is 11.0. The molecule has 0 aromatic heterocycles. The van der Waals surface area contributed by atoms with E-state index in [9.17, 15) is 4.21 Å². The van der Waals surface area contributed by atoms with Gasteiger partial charge in [0.2, 0.25) is 0 Å². The molecule has 1 aliphatic heterocycles. The van der Waals surface area contributed by atoms with Gasteiger partial charge in [-0.3, -0.25) is 0 Å². The van der Waals surface area contributed by atoms with Gasteiger partial charge in [-0.15, -0.1) is 0 Å². The number of benzene rings is 1. The van der Waals surface area contributed by atoms with Crippen LogP contribution in [0.1, 0.15) is 12.8 Å². The van der Waals surface area contributed by atoms with E-state index in [1.54, 1.807) is 0 Å². The van der Waals surface area contributed by atoms with Gasteiger partial charge in [-0.2, -0.15) is 0 Å². The zero-order chi connectivity index (χ0) is 13.2. The molecule has 1 aromatic rings. The topological polar surface area (TPSA) is 29.4 Å². The minimum atomic E-state index is -2.18. The predicted molar refractivity (Wildman–Crippen MR) is 81.3 cm³/mol. The SMILES string of the molecule is C[Si](C)(C)C[C@H]1CCCN=[S@@]1(=O)c1ccccc1. The van der Waals surface area contributed by atoms with Crippen molar-refractivity contribution >= 4 is 17.8 Å². The Morgan fingerprint density at radius 1 is 1.28 bits per heavy atom. The first-order valence-corrected chi connectivity index (χ1v) is 12.0. The summed E-state index contributed by atoms with van der Waals surface area (Å²) >= 11 is 0. The maximum absolute atomic E-state index is 13.3. The van der Waals surface area contributed by atoms with Crippen molar-refractivity contribution in [2.24, 2.45) is 4.36 Å². The standard InChI is InChI=1S/C14H23NOSSi/c1-18(2,3)12-14-10-7-11-15-17(14,16)13-8-5-4-6-9-13/h4-6,8-9,14H,7,10-12H2,1-3H3/t14-,17-/m1/s1. The Balaban J connectivity index is 2.39. The van der Waals surface area contributed by atoms with Gasteiger partial charge in [0.15, 0.2) is 0 Å². The first kappa shape index (κ1) is 13.8. The lowest BCUT2D eigenvalue weighted by atomic mass is 10.2. The average Bonchev–Trinajstić information content (AvgIpc) is 2.32. The molecule has 100 valence electrons. The van der Waals surface area contributed by atoms with E-state index in [-0.39, 0.29) is 5.25 Å². The van der Waals surface area contributed by atoms with Gasteiger partial charge in [0.25, 0.3) is 0 Å². The van der Waals surface area contributed by atoms with Crippen LogP contribution in [-0.4, -0.2) is 24.1 Å². The van der Waals surface area contributed by atoms with Crippen LogP contribution in [0, 0.1) is 0 Å². The quantitative estimate of drug-likeness (QED) is 0.770. The molecule has 0 spiro atoms. The van der Waals surface area contributed by atoms with E-state index in [0.717, 1.165) is 30.3 Å². The Hall–Kier alpha value is -0.613. The lowest BCUT2D eigenvalue weighted by Crippen LogP contribution is -2.34. The van der Waals surface area contributed by atoms with E-state index < -0.39 is 17.8 Å². The Morgan fingerprint density at radius 3 is 2.56 bits per heavy atom. The molecule has 1 aromatic carbocycles. The van der Waals surface area contributed by atoms with Crippen LogP contribution in [0.15, 0.2) is 39.6 Å². The van der Waals surface area contributed by atoms with Gasteiger partial charge < -0.3 is 0 Å². The van der Waals surface area contributed by atoms with Crippen molar-refractivity contribution in [3.05, 3.63) is 30.3 Å². The molecule has 2 rings (SSSR count). The first-order valence-electron chi connectivity index (χ1n) is 6.69. The molecule has 0 fully saturated rings. The van der Waals surface area contributed by atoms with Crippen LogP contribution in [0.4, 0.5) is 0 Å². The maximum atomic E-state index is 13.3. The zero-order valence-corrected chi connectivity index (χ0v) is 13.4. The Bertz CT molecular complexity index is 512. The molecule has 0 amide bonds. The van der Waals surface area contributed by atoms with Crippen LogP contribution in [0.25, 0.3) is 0 Å². The third kappa shape index (κ3) is 3.04. The molecule has 2 atom stereocenters. The van der Waals surface area contributed by atoms with Gasteiger partial charge in [0.1, 0.15) is 0 Å². The van der Waals surface area contributed by atoms with E-state index in [1.807, 2.05) is 30.3 Å². The van der Waals surface area contributed by atoms with Crippen LogP contribution >= 0.6 is 0 Å². The second kappa shape index (κ2) is 5.17. The van der Waals surface area contributed by atoms with Crippen LogP contribution in [0.5, 0.6) is 0 Å². The minimum Gasteiger partial charge on any atom is -0.244 e. The van der Waals surface area contributed by atoms with E-state index in [2.05, 4.69) is 24.0 Å². The van der Waals surface area contributed by atoms with E-state index in [1.165, 1.54) is 0 Å². The smallest absolute Gasteiger partial charge is 0.0778 e. The monoisotopic (exact) mass is 281 g/mol. The maximum Gasteiger partial charge on any atom is 0.0778 e. The van der Waals surface area contributed by atoms with Crippen molar-refractivity contribution in [2.45, 2.75) is 48.7 Å². The van der Waals surface area contributed by atoms with Crippen LogP contribution < -0.4 is 0 Å². The van der Waals surface area contributed by atoms with Crippen molar-refractivity contribution in [1.29, 1.82) is 0 Å². The Labute approximate surface area is 112 Å². The summed E-state index contributed by atoms with van der Waals surface area (Å²) in [5.74, 6) is 0. The van der Waals surface area contributed by atoms with E-state index in [4.69, 9.17) is 0 Å². The molecular weight excluding hydrogens is 258 g/mol. The zero-order valence-electron chi connectivity index (χ0n) is 11.6. The summed E-state index contributed by atoms with van der Waals surface area (Å²) in [5.41, 5.74) is 0. The lowest BCUT2D eigenvalue weighted by molar-refractivity contribution is 0.627. The van der Waals surface area contributed by atoms with Gasteiger partial charge >= 0.3 is 0 Å². The van der Waals surface area contributed by atoms with Crippen LogP contribution in [0.2, 0.25) is 25.7 Å². The Kier molecular flexibility index (Phi) is 3.97. The normalized spacial score (nSPS) is 28.7. The van der Waals surface area contributed by atoms with Crippen molar-refractivity contribution in [3.8, 4) is 0 Å². The summed E-state index contributed by atoms with van der Waals surface area (Å²) < 4.78 is 17.8. The lowest BCUT2D eigenvalue weighted by Gasteiger charge is -2.30. The molecule has 1 heterocycles. The van der Waals surface area contributed by atoms with Gasteiger partial charge in [-0.1, -0.05) is 37.8 Å². The molecular formula is C14H23NOSSi. The highest BCUT2D eigenvalue weighted by atomic mass is 32.2. The summed E-state index contributed by atoms with van der Waals surface area (Å²) in [4.78, 5) is 0.938. The Morgan fingerprint density at radius 2 is 1.94 bits per heavy atom. The molecule has 0 saturated carbocycles. The third-order valence-electron chi connectivity index (χ3n) is 3.34. The average molecular weight is 281 g/mol. The molecule has 2 nitrogen and oxygen atoms in total. The number of rotatable bonds is 3. The van der Waals surface area contributed by atoms with Crippen molar-refractivity contribution in [3.63, 3.8) is 0 Å². The molecule has 0 saturated heterocycles. The second-order valence-electron chi connectivity index (χ2n) is 6.26. The molecule has 0 radical (unpaired) electrons. The summed E-state index contributed by atoms with van der Waals surface area (Å²) in [7, 11) is -3.39. The van der Waals surface area contributed by atoms with E-state index >= 15 is 0 Å². The molecule has 0 unspecified atom stereocenters. The molecule has 4 heteroatoms. The highest BCUT2D eigenvalue weighted by molar-refractivity contribution is 7.94. The van der Waals surface area contributed by atoms with Crippen molar-refractivity contribution in [2.75, 3.05) is 6.54 Å². The third-order valence-corrected chi connectivity index (χ3v) is 8.17. The minimum absolute atomic E-state index is 0.264. The van der Waals surface area contributed by atoms with Gasteiger partial charge in [0, 0.05) is 24.8 Å².